The number of aliphatic hydroxyl groups is 1. The lowest BCUT2D eigenvalue weighted by Crippen LogP contribution is -2.57. The van der Waals surface area contributed by atoms with Gasteiger partial charge in [-0.05, 0) is 25.0 Å². The summed E-state index contributed by atoms with van der Waals surface area (Å²) in [7, 11) is 0. The highest BCUT2D eigenvalue weighted by atomic mass is 16.6. The molecule has 0 saturated carbocycles. The molecule has 5 rings (SSSR count). The van der Waals surface area contributed by atoms with Crippen molar-refractivity contribution in [1.82, 2.24) is 9.80 Å². The zero-order valence-corrected chi connectivity index (χ0v) is 20.1. The lowest BCUT2D eigenvalue weighted by molar-refractivity contribution is -0.155. The van der Waals surface area contributed by atoms with Crippen LogP contribution in [0.2, 0.25) is 0 Å². The maximum Gasteiger partial charge on any atom is 0.313 e. The molecular formula is C27H32N2O6. The molecule has 4 heterocycles. The van der Waals surface area contributed by atoms with Crippen LogP contribution in [0.25, 0.3) is 0 Å². The minimum atomic E-state index is -1.33. The highest BCUT2D eigenvalue weighted by Gasteiger charge is 2.72. The smallest absolute Gasteiger partial charge is 0.313 e. The monoisotopic (exact) mass is 480 g/mol. The quantitative estimate of drug-likeness (QED) is 0.494. The number of likely N-dealkylation sites (tertiary alicyclic amines) is 1. The molecule has 2 saturated heterocycles. The normalized spacial score (nSPS) is 33.5. The number of amides is 2. The van der Waals surface area contributed by atoms with Crippen LogP contribution in [0.3, 0.4) is 0 Å². The van der Waals surface area contributed by atoms with Crippen molar-refractivity contribution in [2.45, 2.75) is 56.5 Å². The SMILES string of the molecule is CCCC(C)N1CC=C[C@]23O[C@H]4C=CCOC(=O)[C@H]4[C@H]2C(=O)N([C@H](CO)c2ccccc2)C3C1=O. The van der Waals surface area contributed by atoms with E-state index >= 15 is 0 Å². The average molecular weight is 481 g/mol. The summed E-state index contributed by atoms with van der Waals surface area (Å²) in [6.07, 6.45) is 8.24. The number of hydrogen-bond donors (Lipinski definition) is 1. The van der Waals surface area contributed by atoms with E-state index in [9.17, 15) is 19.5 Å². The molecule has 8 nitrogen and oxygen atoms in total. The summed E-state index contributed by atoms with van der Waals surface area (Å²) >= 11 is 0. The number of carbonyl (C=O) groups is 3. The van der Waals surface area contributed by atoms with Crippen molar-refractivity contribution >= 4 is 17.8 Å². The number of fused-ring (bicyclic) bond motifs is 2. The van der Waals surface area contributed by atoms with E-state index in [4.69, 9.17) is 9.47 Å². The number of cyclic esters (lactones) is 1. The summed E-state index contributed by atoms with van der Waals surface area (Å²) in [5.41, 5.74) is -0.611. The van der Waals surface area contributed by atoms with Gasteiger partial charge in [-0.25, -0.2) is 0 Å². The van der Waals surface area contributed by atoms with Gasteiger partial charge >= 0.3 is 5.97 Å². The highest BCUT2D eigenvalue weighted by Crippen LogP contribution is 2.55. The maximum atomic E-state index is 14.2. The van der Waals surface area contributed by atoms with Gasteiger partial charge in [-0.1, -0.05) is 61.9 Å². The van der Waals surface area contributed by atoms with Crippen LogP contribution in [0.1, 0.15) is 38.3 Å². The molecule has 4 aliphatic rings. The van der Waals surface area contributed by atoms with Gasteiger partial charge in [-0.2, -0.15) is 0 Å². The molecule has 2 fully saturated rings. The predicted molar refractivity (Wildman–Crippen MR) is 127 cm³/mol. The van der Waals surface area contributed by atoms with E-state index in [2.05, 4.69) is 6.92 Å². The number of esters is 1. The molecule has 1 N–H and O–H groups in total. The Hall–Kier alpha value is -2.97. The van der Waals surface area contributed by atoms with Crippen LogP contribution in [0.5, 0.6) is 0 Å². The summed E-state index contributed by atoms with van der Waals surface area (Å²) in [6.45, 7) is 4.22. The Morgan fingerprint density at radius 3 is 2.63 bits per heavy atom. The fourth-order valence-electron chi connectivity index (χ4n) is 6.26. The first kappa shape index (κ1) is 23.8. The van der Waals surface area contributed by atoms with E-state index < -0.39 is 41.6 Å². The van der Waals surface area contributed by atoms with Crippen molar-refractivity contribution in [2.75, 3.05) is 19.8 Å². The molecule has 2 unspecified atom stereocenters. The Bertz CT molecular complexity index is 1060. The predicted octanol–water partition coefficient (Wildman–Crippen LogP) is 2.00. The van der Waals surface area contributed by atoms with Gasteiger partial charge in [-0.3, -0.25) is 14.4 Å². The third-order valence-electron chi connectivity index (χ3n) is 7.81. The van der Waals surface area contributed by atoms with E-state index in [1.807, 2.05) is 49.4 Å². The van der Waals surface area contributed by atoms with Crippen LogP contribution < -0.4 is 0 Å². The Kier molecular flexibility index (Phi) is 6.27. The van der Waals surface area contributed by atoms with E-state index in [0.29, 0.717) is 12.1 Å². The first-order valence-corrected chi connectivity index (χ1v) is 12.4. The molecule has 7 atom stereocenters. The Morgan fingerprint density at radius 2 is 1.91 bits per heavy atom. The molecule has 0 aliphatic carbocycles. The highest BCUT2D eigenvalue weighted by molar-refractivity contribution is 5.99. The van der Waals surface area contributed by atoms with Gasteiger partial charge in [0.2, 0.25) is 11.8 Å². The molecule has 1 spiro atoms. The molecule has 0 radical (unpaired) electrons. The summed E-state index contributed by atoms with van der Waals surface area (Å²) in [5.74, 6) is -2.89. The first-order chi connectivity index (χ1) is 16.9. The number of carbonyl (C=O) groups excluding carboxylic acids is 3. The third kappa shape index (κ3) is 3.62. The van der Waals surface area contributed by atoms with Crippen LogP contribution in [0, 0.1) is 11.8 Å². The third-order valence-corrected chi connectivity index (χ3v) is 7.81. The van der Waals surface area contributed by atoms with E-state index in [1.54, 1.807) is 17.1 Å². The average Bonchev–Trinajstić information content (AvgIpc) is 3.15. The van der Waals surface area contributed by atoms with Crippen molar-refractivity contribution in [3.63, 3.8) is 0 Å². The Morgan fingerprint density at radius 1 is 1.14 bits per heavy atom. The van der Waals surface area contributed by atoms with Gasteiger partial charge in [0, 0.05) is 12.6 Å². The van der Waals surface area contributed by atoms with Crippen molar-refractivity contribution in [1.29, 1.82) is 0 Å². The number of aliphatic hydroxyl groups excluding tert-OH is 1. The van der Waals surface area contributed by atoms with Gasteiger partial charge in [-0.15, -0.1) is 0 Å². The zero-order valence-electron chi connectivity index (χ0n) is 20.1. The summed E-state index contributed by atoms with van der Waals surface area (Å²) in [6, 6.07) is 7.38. The molecule has 8 heteroatoms. The molecule has 186 valence electrons. The minimum Gasteiger partial charge on any atom is -0.461 e. The molecule has 2 amide bonds. The van der Waals surface area contributed by atoms with E-state index in [1.165, 1.54) is 4.90 Å². The largest absolute Gasteiger partial charge is 0.461 e. The lowest BCUT2D eigenvalue weighted by atomic mass is 9.78. The van der Waals surface area contributed by atoms with Crippen molar-refractivity contribution in [3.05, 3.63) is 60.2 Å². The molecule has 0 aromatic heterocycles. The molecule has 4 aliphatic heterocycles. The first-order valence-electron chi connectivity index (χ1n) is 12.4. The second kappa shape index (κ2) is 9.24. The number of nitrogens with zero attached hydrogens (tertiary/aromatic N) is 2. The number of hydrogen-bond acceptors (Lipinski definition) is 6. The van der Waals surface area contributed by atoms with Crippen molar-refractivity contribution in [3.8, 4) is 0 Å². The fraction of sp³-hybridized carbons (Fsp3) is 0.519. The van der Waals surface area contributed by atoms with Crippen LogP contribution in [0.15, 0.2) is 54.6 Å². The molecule has 1 aromatic rings. The van der Waals surface area contributed by atoms with Crippen molar-refractivity contribution in [2.24, 2.45) is 11.8 Å². The van der Waals surface area contributed by atoms with Crippen LogP contribution in [-0.2, 0) is 23.9 Å². The van der Waals surface area contributed by atoms with Gasteiger partial charge in [0.1, 0.15) is 24.2 Å². The second-order valence-corrected chi connectivity index (χ2v) is 9.79. The van der Waals surface area contributed by atoms with Gasteiger partial charge < -0.3 is 24.4 Å². The summed E-state index contributed by atoms with van der Waals surface area (Å²) < 4.78 is 11.9. The number of benzene rings is 1. The maximum absolute atomic E-state index is 14.2. The second-order valence-electron chi connectivity index (χ2n) is 9.79. The Labute approximate surface area is 205 Å². The molecule has 35 heavy (non-hydrogen) atoms. The standard InChI is InChI=1S/C27H32N2O6/c1-3-9-17(2)28-14-8-13-27-22(21-20(35-27)12-7-15-34-26(21)33)24(31)29(23(27)25(28)32)19(16-30)18-10-5-4-6-11-18/h4-8,10-13,17,19-23,30H,3,9,14-16H2,1-2H3/t17?,19-,20+,21-,22+,23?,27+/m1/s1. The van der Waals surface area contributed by atoms with Crippen LogP contribution >= 0.6 is 0 Å². The minimum absolute atomic E-state index is 0.0376. The zero-order chi connectivity index (χ0) is 24.7. The summed E-state index contributed by atoms with van der Waals surface area (Å²) in [5, 5.41) is 10.5. The topological polar surface area (TPSA) is 96.4 Å². The molecule has 0 bridgehead atoms. The van der Waals surface area contributed by atoms with Crippen LogP contribution in [0.4, 0.5) is 0 Å². The van der Waals surface area contributed by atoms with Gasteiger partial charge in [0.15, 0.2) is 0 Å². The number of ether oxygens (including phenoxy) is 2. The molecule has 1 aromatic carbocycles. The van der Waals surface area contributed by atoms with E-state index in [0.717, 1.165) is 12.8 Å². The van der Waals surface area contributed by atoms with Crippen LogP contribution in [-0.4, -0.2) is 76.2 Å². The molecular weight excluding hydrogens is 448 g/mol. The number of rotatable bonds is 6. The lowest BCUT2D eigenvalue weighted by Gasteiger charge is -2.40. The van der Waals surface area contributed by atoms with Gasteiger partial charge in [0.25, 0.3) is 0 Å². The van der Waals surface area contributed by atoms with Crippen molar-refractivity contribution < 1.29 is 29.0 Å². The van der Waals surface area contributed by atoms with Gasteiger partial charge in [0.05, 0.1) is 24.7 Å². The Balaban J connectivity index is 1.66. The fourth-order valence-corrected chi connectivity index (χ4v) is 6.26. The van der Waals surface area contributed by atoms with E-state index in [-0.39, 0.29) is 31.1 Å². The summed E-state index contributed by atoms with van der Waals surface area (Å²) in [4.78, 5) is 44.7.